The number of rotatable bonds is 4. The fourth-order valence-electron chi connectivity index (χ4n) is 2.19. The minimum Gasteiger partial charge on any atom is -0.326 e. The van der Waals surface area contributed by atoms with Crippen LogP contribution in [0.2, 0.25) is 5.02 Å². The van der Waals surface area contributed by atoms with Gasteiger partial charge in [-0.15, -0.1) is 0 Å². The van der Waals surface area contributed by atoms with Gasteiger partial charge in [-0.25, -0.2) is 4.98 Å². The molecule has 0 aliphatic heterocycles. The van der Waals surface area contributed by atoms with Crippen molar-refractivity contribution in [1.82, 2.24) is 14.9 Å². The smallest absolute Gasteiger partial charge is 0.0954 e. The molecule has 0 saturated carbocycles. The molecule has 102 valence electrons. The maximum atomic E-state index is 6.29. The van der Waals surface area contributed by atoms with Crippen LogP contribution in [0.4, 0.5) is 0 Å². The largest absolute Gasteiger partial charge is 0.326 e. The third-order valence-electron chi connectivity index (χ3n) is 3.70. The number of aromatic nitrogens is 2. The average molecular weight is 278 g/mol. The van der Waals surface area contributed by atoms with Gasteiger partial charge < -0.3 is 9.88 Å². The zero-order valence-electron chi connectivity index (χ0n) is 11.8. The number of nitrogens with one attached hydrogen (secondary N) is 1. The average Bonchev–Trinajstić information content (AvgIpc) is 2.88. The Balaban J connectivity index is 2.44. The lowest BCUT2D eigenvalue weighted by Gasteiger charge is -2.28. The molecule has 0 saturated heterocycles. The van der Waals surface area contributed by atoms with Crippen molar-refractivity contribution < 1.29 is 0 Å². The van der Waals surface area contributed by atoms with Crippen molar-refractivity contribution in [3.8, 4) is 0 Å². The van der Waals surface area contributed by atoms with Gasteiger partial charge in [0.1, 0.15) is 0 Å². The van der Waals surface area contributed by atoms with Gasteiger partial charge in [-0.3, -0.25) is 0 Å². The molecule has 2 rings (SSSR count). The topological polar surface area (TPSA) is 29.9 Å². The molecule has 2 aromatic rings. The molecule has 0 fully saturated rings. The molecule has 1 atom stereocenters. The van der Waals surface area contributed by atoms with E-state index in [0.29, 0.717) is 0 Å². The first kappa shape index (κ1) is 14.1. The van der Waals surface area contributed by atoms with E-state index in [1.54, 1.807) is 0 Å². The lowest BCUT2D eigenvalue weighted by atomic mass is 10.00. The summed E-state index contributed by atoms with van der Waals surface area (Å²) in [7, 11) is 1.96. The highest BCUT2D eigenvalue weighted by molar-refractivity contribution is 6.31. The zero-order valence-corrected chi connectivity index (χ0v) is 12.6. The van der Waals surface area contributed by atoms with Crippen molar-refractivity contribution in [3.05, 3.63) is 53.1 Å². The maximum absolute atomic E-state index is 6.29. The summed E-state index contributed by atoms with van der Waals surface area (Å²) in [5, 5.41) is 4.10. The quantitative estimate of drug-likeness (QED) is 0.925. The molecule has 0 bridgehead atoms. The molecule has 0 radical (unpaired) electrons. The highest BCUT2D eigenvalue weighted by Crippen LogP contribution is 2.29. The summed E-state index contributed by atoms with van der Waals surface area (Å²) in [6.07, 6.45) is 3.77. The molecule has 1 N–H and O–H groups in total. The lowest BCUT2D eigenvalue weighted by molar-refractivity contribution is 0.401. The standard InChI is InChI=1S/C15H20ClN3/c1-11(12-7-5-6-8-13(12)16)19-10-18-9-14(19)15(2,3)17-4/h5-11,17H,1-4H3. The van der Waals surface area contributed by atoms with Crippen LogP contribution in [0.15, 0.2) is 36.8 Å². The fraction of sp³-hybridized carbons (Fsp3) is 0.400. The summed E-state index contributed by atoms with van der Waals surface area (Å²) in [5.41, 5.74) is 2.11. The molecule has 0 amide bonds. The Morgan fingerprint density at radius 2 is 2.00 bits per heavy atom. The minimum absolute atomic E-state index is 0.133. The monoisotopic (exact) mass is 277 g/mol. The van der Waals surface area contributed by atoms with E-state index in [4.69, 9.17) is 11.6 Å². The number of halogens is 1. The van der Waals surface area contributed by atoms with Gasteiger partial charge in [-0.2, -0.15) is 0 Å². The van der Waals surface area contributed by atoms with Crippen molar-refractivity contribution in [2.75, 3.05) is 7.05 Å². The van der Waals surface area contributed by atoms with E-state index in [9.17, 15) is 0 Å². The van der Waals surface area contributed by atoms with Gasteiger partial charge in [0, 0.05) is 5.02 Å². The van der Waals surface area contributed by atoms with Crippen LogP contribution in [0.3, 0.4) is 0 Å². The summed E-state index contributed by atoms with van der Waals surface area (Å²) < 4.78 is 2.16. The normalized spacial score (nSPS) is 13.5. The number of imidazole rings is 1. The number of hydrogen-bond donors (Lipinski definition) is 1. The van der Waals surface area contributed by atoms with Gasteiger partial charge in [0.2, 0.25) is 0 Å². The highest BCUT2D eigenvalue weighted by Gasteiger charge is 2.25. The summed E-state index contributed by atoms with van der Waals surface area (Å²) in [6.45, 7) is 6.41. The third-order valence-corrected chi connectivity index (χ3v) is 4.05. The number of nitrogens with zero attached hydrogens (tertiary/aromatic N) is 2. The molecule has 1 aromatic carbocycles. The van der Waals surface area contributed by atoms with Crippen LogP contribution in [0.1, 0.15) is 38.1 Å². The van der Waals surface area contributed by atoms with E-state index in [1.807, 2.05) is 37.8 Å². The molecule has 3 nitrogen and oxygen atoms in total. The SMILES string of the molecule is CNC(C)(C)c1cncn1C(C)c1ccccc1Cl. The molecular weight excluding hydrogens is 258 g/mol. The highest BCUT2D eigenvalue weighted by atomic mass is 35.5. The summed E-state index contributed by atoms with van der Waals surface area (Å²) in [5.74, 6) is 0. The van der Waals surface area contributed by atoms with E-state index in [2.05, 4.69) is 41.7 Å². The Kier molecular flexibility index (Phi) is 3.97. The van der Waals surface area contributed by atoms with E-state index in [0.717, 1.165) is 16.3 Å². The van der Waals surface area contributed by atoms with Gasteiger partial charge in [0.15, 0.2) is 0 Å². The van der Waals surface area contributed by atoms with Crippen molar-refractivity contribution in [2.24, 2.45) is 0 Å². The molecular formula is C15H20ClN3. The minimum atomic E-state index is -0.133. The first-order chi connectivity index (χ1) is 8.97. The van der Waals surface area contributed by atoms with Crippen molar-refractivity contribution in [3.63, 3.8) is 0 Å². The maximum Gasteiger partial charge on any atom is 0.0954 e. The van der Waals surface area contributed by atoms with Gasteiger partial charge in [0.25, 0.3) is 0 Å². The van der Waals surface area contributed by atoms with Gasteiger partial charge in [-0.1, -0.05) is 29.8 Å². The molecule has 4 heteroatoms. The number of benzene rings is 1. The zero-order chi connectivity index (χ0) is 14.0. The van der Waals surface area contributed by atoms with E-state index < -0.39 is 0 Å². The molecule has 1 heterocycles. The van der Waals surface area contributed by atoms with Crippen LogP contribution in [0.25, 0.3) is 0 Å². The summed E-state index contributed by atoms with van der Waals surface area (Å²) in [4.78, 5) is 4.29. The van der Waals surface area contributed by atoms with Crippen LogP contribution in [0, 0.1) is 0 Å². The Hall–Kier alpha value is -1.32. The second-order valence-corrected chi connectivity index (χ2v) is 5.67. The Morgan fingerprint density at radius 3 is 2.63 bits per heavy atom. The van der Waals surface area contributed by atoms with Gasteiger partial charge >= 0.3 is 0 Å². The van der Waals surface area contributed by atoms with Gasteiger partial charge in [-0.05, 0) is 39.4 Å². The van der Waals surface area contributed by atoms with Crippen molar-refractivity contribution in [1.29, 1.82) is 0 Å². The molecule has 0 spiro atoms. The predicted octanol–water partition coefficient (Wildman–Crippen LogP) is 3.60. The van der Waals surface area contributed by atoms with Crippen molar-refractivity contribution >= 4 is 11.6 Å². The first-order valence-electron chi connectivity index (χ1n) is 6.43. The Bertz CT molecular complexity index is 560. The summed E-state index contributed by atoms with van der Waals surface area (Å²) in [6, 6.07) is 8.09. The van der Waals surface area contributed by atoms with Crippen LogP contribution in [0.5, 0.6) is 0 Å². The molecule has 1 aromatic heterocycles. The Labute approximate surface area is 119 Å². The fourth-order valence-corrected chi connectivity index (χ4v) is 2.48. The van der Waals surface area contributed by atoms with Crippen LogP contribution < -0.4 is 5.32 Å². The van der Waals surface area contributed by atoms with Crippen LogP contribution in [-0.4, -0.2) is 16.6 Å². The third kappa shape index (κ3) is 2.67. The molecule has 0 aliphatic carbocycles. The lowest BCUT2D eigenvalue weighted by Crippen LogP contribution is -2.36. The van der Waals surface area contributed by atoms with Crippen LogP contribution >= 0.6 is 11.6 Å². The van der Waals surface area contributed by atoms with E-state index >= 15 is 0 Å². The molecule has 1 unspecified atom stereocenters. The second-order valence-electron chi connectivity index (χ2n) is 5.26. The van der Waals surface area contributed by atoms with E-state index in [-0.39, 0.29) is 11.6 Å². The number of hydrogen-bond acceptors (Lipinski definition) is 2. The molecule has 0 aliphatic rings. The van der Waals surface area contributed by atoms with E-state index in [1.165, 1.54) is 0 Å². The second kappa shape index (κ2) is 5.35. The molecule has 19 heavy (non-hydrogen) atoms. The van der Waals surface area contributed by atoms with Crippen LogP contribution in [-0.2, 0) is 5.54 Å². The summed E-state index contributed by atoms with van der Waals surface area (Å²) >= 11 is 6.29. The Morgan fingerprint density at radius 1 is 1.32 bits per heavy atom. The van der Waals surface area contributed by atoms with Gasteiger partial charge in [0.05, 0.1) is 29.8 Å². The predicted molar refractivity (Wildman–Crippen MR) is 79.6 cm³/mol. The first-order valence-corrected chi connectivity index (χ1v) is 6.81. The van der Waals surface area contributed by atoms with Crippen molar-refractivity contribution in [2.45, 2.75) is 32.4 Å².